The quantitative estimate of drug-likeness (QED) is 0.172. The predicted octanol–water partition coefficient (Wildman–Crippen LogP) is 6.22. The lowest BCUT2D eigenvalue weighted by atomic mass is 9.95. The van der Waals surface area contributed by atoms with Crippen molar-refractivity contribution >= 4 is 31.4 Å². The minimum absolute atomic E-state index is 0.0215. The predicted molar refractivity (Wildman–Crippen MR) is 167 cm³/mol. The first-order valence-corrected chi connectivity index (χ1v) is 16.9. The molecule has 0 aliphatic heterocycles. The molecule has 0 bridgehead atoms. The Balaban J connectivity index is 1.55. The third-order valence-electron chi connectivity index (χ3n) is 7.37. The Kier molecular flexibility index (Phi) is 10.3. The van der Waals surface area contributed by atoms with E-state index in [1.165, 1.54) is 6.26 Å². The second-order valence-corrected chi connectivity index (χ2v) is 13.7. The van der Waals surface area contributed by atoms with Crippen LogP contribution in [0.15, 0.2) is 59.9 Å². The van der Waals surface area contributed by atoms with E-state index in [1.54, 1.807) is 45.8 Å². The summed E-state index contributed by atoms with van der Waals surface area (Å²) < 4.78 is 34.5. The zero-order chi connectivity index (χ0) is 29.6. The largest absolute Gasteiger partial charge is 0.483 e. The van der Waals surface area contributed by atoms with E-state index >= 15 is 0 Å². The molecule has 0 fully saturated rings. The topological polar surface area (TPSA) is 94.4 Å². The molecule has 0 amide bonds. The zero-order valence-corrected chi connectivity index (χ0v) is 26.2. The van der Waals surface area contributed by atoms with Crippen LogP contribution in [0, 0.1) is 5.92 Å². The summed E-state index contributed by atoms with van der Waals surface area (Å²) in [5.41, 5.74) is 2.64. The SMILES string of the molecule is CCCN(CCCC(CC)Cc1cc2c(=O)n(C)cc(-c3cncc(OC(C)c4ccccn4)c3)c2s1)S(C)(=O)=O. The summed E-state index contributed by atoms with van der Waals surface area (Å²) in [4.78, 5) is 23.1. The van der Waals surface area contributed by atoms with Gasteiger partial charge in [0.1, 0.15) is 11.9 Å². The van der Waals surface area contributed by atoms with Crippen LogP contribution in [-0.2, 0) is 23.5 Å². The fraction of sp³-hybridized carbons (Fsp3) is 0.452. The van der Waals surface area contributed by atoms with E-state index in [2.05, 4.69) is 16.9 Å². The van der Waals surface area contributed by atoms with Crippen LogP contribution in [-0.4, -0.2) is 46.6 Å². The van der Waals surface area contributed by atoms with Gasteiger partial charge in [-0.25, -0.2) is 12.7 Å². The summed E-state index contributed by atoms with van der Waals surface area (Å²) in [6.07, 6.45) is 12.6. The first-order chi connectivity index (χ1) is 19.6. The highest BCUT2D eigenvalue weighted by molar-refractivity contribution is 7.88. The first-order valence-electron chi connectivity index (χ1n) is 14.2. The number of aromatic nitrogens is 3. The third-order valence-corrected chi connectivity index (χ3v) is 9.87. The second kappa shape index (κ2) is 13.7. The molecule has 10 heteroatoms. The lowest BCUT2D eigenvalue weighted by Crippen LogP contribution is -2.32. The molecule has 4 heterocycles. The molecule has 0 spiro atoms. The Morgan fingerprint density at radius 1 is 1.15 bits per heavy atom. The number of hydrogen-bond donors (Lipinski definition) is 0. The Hall–Kier alpha value is -3.08. The van der Waals surface area contributed by atoms with Gasteiger partial charge in [-0.2, -0.15) is 0 Å². The zero-order valence-electron chi connectivity index (χ0n) is 24.5. The summed E-state index contributed by atoms with van der Waals surface area (Å²) in [5, 5.41) is 0.708. The van der Waals surface area contributed by atoms with Gasteiger partial charge in [0.2, 0.25) is 10.0 Å². The minimum atomic E-state index is -3.19. The van der Waals surface area contributed by atoms with Gasteiger partial charge >= 0.3 is 0 Å². The number of sulfonamides is 1. The van der Waals surface area contributed by atoms with Crippen LogP contribution in [0.3, 0.4) is 0 Å². The molecule has 2 atom stereocenters. The molecular weight excluding hydrogens is 556 g/mol. The smallest absolute Gasteiger partial charge is 0.259 e. The van der Waals surface area contributed by atoms with Crippen LogP contribution in [0.5, 0.6) is 5.75 Å². The number of rotatable bonds is 14. The molecule has 0 saturated carbocycles. The van der Waals surface area contributed by atoms with E-state index < -0.39 is 10.0 Å². The molecule has 0 aromatic carbocycles. The van der Waals surface area contributed by atoms with Crippen molar-refractivity contribution in [1.82, 2.24) is 18.8 Å². The summed E-state index contributed by atoms with van der Waals surface area (Å²) in [5.74, 6) is 1.04. The lowest BCUT2D eigenvalue weighted by Gasteiger charge is -2.20. The lowest BCUT2D eigenvalue weighted by molar-refractivity contribution is 0.221. The van der Waals surface area contributed by atoms with Crippen LogP contribution in [0.2, 0.25) is 0 Å². The van der Waals surface area contributed by atoms with Crippen LogP contribution >= 0.6 is 11.3 Å². The molecule has 0 saturated heterocycles. The van der Waals surface area contributed by atoms with E-state index in [1.807, 2.05) is 50.4 Å². The molecule has 0 N–H and O–H groups in total. The summed E-state index contributed by atoms with van der Waals surface area (Å²) >= 11 is 1.66. The van der Waals surface area contributed by atoms with Gasteiger partial charge < -0.3 is 9.30 Å². The fourth-order valence-corrected chi connectivity index (χ4v) is 7.37. The van der Waals surface area contributed by atoms with Gasteiger partial charge in [0, 0.05) is 59.4 Å². The standard InChI is InChI=1S/C31H40N4O4S2/c1-6-14-35(41(5,37)38)15-10-11-23(7-2)16-26-18-27-30(40-26)28(21-34(4)31(27)36)24-17-25(20-32-19-24)39-22(3)29-12-8-9-13-33-29/h8-9,12-13,17-23H,6-7,10-11,14-16H2,1-5H3. The molecule has 41 heavy (non-hydrogen) atoms. The van der Waals surface area contributed by atoms with Gasteiger partial charge in [0.25, 0.3) is 5.56 Å². The molecular formula is C31H40N4O4S2. The average molecular weight is 597 g/mol. The first kappa shape index (κ1) is 30.9. The van der Waals surface area contributed by atoms with Gasteiger partial charge in [-0.3, -0.25) is 14.8 Å². The Bertz CT molecular complexity index is 1620. The molecule has 4 rings (SSSR count). The van der Waals surface area contributed by atoms with Crippen LogP contribution in [0.1, 0.15) is 63.1 Å². The summed E-state index contributed by atoms with van der Waals surface area (Å²) in [6.45, 7) is 7.23. The van der Waals surface area contributed by atoms with Crippen molar-refractivity contribution in [3.8, 4) is 16.9 Å². The van der Waals surface area contributed by atoms with E-state index in [0.29, 0.717) is 30.1 Å². The number of fused-ring (bicyclic) bond motifs is 1. The van der Waals surface area contributed by atoms with Gasteiger partial charge in [0.15, 0.2) is 0 Å². The monoisotopic (exact) mass is 596 g/mol. The third kappa shape index (κ3) is 7.81. The van der Waals surface area contributed by atoms with Crippen molar-refractivity contribution in [3.05, 3.63) is 76.0 Å². The second-order valence-electron chi connectivity index (χ2n) is 10.6. The molecule has 220 valence electrons. The highest BCUT2D eigenvalue weighted by Crippen LogP contribution is 2.36. The van der Waals surface area contributed by atoms with Crippen LogP contribution in [0.4, 0.5) is 0 Å². The molecule has 2 unspecified atom stereocenters. The number of ether oxygens (including phenoxy) is 1. The number of thiophene rings is 1. The van der Waals surface area contributed by atoms with Crippen molar-refractivity contribution in [1.29, 1.82) is 0 Å². The molecule has 0 radical (unpaired) electrons. The Labute approximate surface area is 247 Å². The van der Waals surface area contributed by atoms with E-state index in [-0.39, 0.29) is 11.7 Å². The van der Waals surface area contributed by atoms with Crippen molar-refractivity contribution < 1.29 is 13.2 Å². The molecule has 4 aromatic rings. The van der Waals surface area contributed by atoms with E-state index in [9.17, 15) is 13.2 Å². The maximum absolute atomic E-state index is 13.1. The average Bonchev–Trinajstić information content (AvgIpc) is 3.38. The maximum atomic E-state index is 13.1. The molecule has 0 aliphatic carbocycles. The fourth-order valence-electron chi connectivity index (χ4n) is 5.10. The maximum Gasteiger partial charge on any atom is 0.259 e. The highest BCUT2D eigenvalue weighted by atomic mass is 32.2. The van der Waals surface area contributed by atoms with Crippen molar-refractivity contribution in [3.63, 3.8) is 0 Å². The van der Waals surface area contributed by atoms with Crippen LogP contribution in [0.25, 0.3) is 21.2 Å². The van der Waals surface area contributed by atoms with Crippen molar-refractivity contribution in [2.45, 2.75) is 59.0 Å². The molecule has 0 aliphatic rings. The van der Waals surface area contributed by atoms with E-state index in [4.69, 9.17) is 4.74 Å². The Morgan fingerprint density at radius 3 is 2.63 bits per heavy atom. The van der Waals surface area contributed by atoms with Gasteiger partial charge in [-0.1, -0.05) is 26.3 Å². The molecule has 4 aromatic heterocycles. The summed E-state index contributed by atoms with van der Waals surface area (Å²) in [7, 11) is -1.41. The Morgan fingerprint density at radius 2 is 1.95 bits per heavy atom. The summed E-state index contributed by atoms with van der Waals surface area (Å²) in [6, 6.07) is 9.74. The molecule has 8 nitrogen and oxygen atoms in total. The van der Waals surface area contributed by atoms with Gasteiger partial charge in [-0.15, -0.1) is 11.3 Å². The minimum Gasteiger partial charge on any atom is -0.483 e. The number of pyridine rings is 3. The van der Waals surface area contributed by atoms with Crippen molar-refractivity contribution in [2.24, 2.45) is 13.0 Å². The number of aryl methyl sites for hydroxylation is 1. The van der Waals surface area contributed by atoms with Gasteiger partial charge in [-0.05, 0) is 62.8 Å². The number of hydrogen-bond acceptors (Lipinski definition) is 7. The number of nitrogens with zero attached hydrogens (tertiary/aromatic N) is 4. The normalized spacial score (nSPS) is 13.5. The van der Waals surface area contributed by atoms with Crippen LogP contribution < -0.4 is 10.3 Å². The van der Waals surface area contributed by atoms with Gasteiger partial charge in [0.05, 0.1) is 23.5 Å². The van der Waals surface area contributed by atoms with Crippen molar-refractivity contribution in [2.75, 3.05) is 19.3 Å². The van der Waals surface area contributed by atoms with E-state index in [0.717, 1.165) is 58.5 Å². The highest BCUT2D eigenvalue weighted by Gasteiger charge is 2.19.